The summed E-state index contributed by atoms with van der Waals surface area (Å²) < 4.78 is 0. The van der Waals surface area contributed by atoms with E-state index in [1.807, 2.05) is 109 Å². The first kappa shape index (κ1) is 20.5. The molecule has 0 aliphatic rings. The molecule has 0 aliphatic carbocycles. The van der Waals surface area contributed by atoms with Crippen LogP contribution in [0.3, 0.4) is 0 Å². The molecule has 0 amide bonds. The van der Waals surface area contributed by atoms with Gasteiger partial charge in [0.05, 0.1) is 0 Å². The van der Waals surface area contributed by atoms with Crippen molar-refractivity contribution < 1.29 is 9.59 Å². The van der Waals surface area contributed by atoms with Gasteiger partial charge < -0.3 is 0 Å². The van der Waals surface area contributed by atoms with Crippen LogP contribution in [0.4, 0.5) is 0 Å². The van der Waals surface area contributed by atoms with Crippen molar-refractivity contribution in [3.63, 3.8) is 0 Å². The number of benzene rings is 4. The van der Waals surface area contributed by atoms with Gasteiger partial charge in [-0.3, -0.25) is 9.59 Å². The maximum absolute atomic E-state index is 13.3. The first-order chi connectivity index (χ1) is 15.2. The molecule has 0 fully saturated rings. The second-order valence-corrected chi connectivity index (χ2v) is 7.53. The zero-order valence-corrected chi connectivity index (χ0v) is 17.5. The summed E-state index contributed by atoms with van der Waals surface area (Å²) in [6.07, 6.45) is 0.776. The largest absolute Gasteiger partial charge is 0.289 e. The lowest BCUT2D eigenvalue weighted by Gasteiger charge is -2.22. The average Bonchev–Trinajstić information content (AvgIpc) is 2.85. The molecular formula is C29H24O2. The van der Waals surface area contributed by atoms with E-state index in [0.29, 0.717) is 22.3 Å². The van der Waals surface area contributed by atoms with Crippen molar-refractivity contribution in [2.24, 2.45) is 0 Å². The minimum atomic E-state index is -0.0623. The van der Waals surface area contributed by atoms with Crippen LogP contribution >= 0.6 is 0 Å². The molecule has 0 bridgehead atoms. The molecule has 0 aliphatic heterocycles. The molecule has 31 heavy (non-hydrogen) atoms. The summed E-state index contributed by atoms with van der Waals surface area (Å²) >= 11 is 0. The maximum Gasteiger partial charge on any atom is 0.193 e. The van der Waals surface area contributed by atoms with Crippen LogP contribution in [-0.2, 0) is 0 Å². The fourth-order valence-corrected chi connectivity index (χ4v) is 4.11. The van der Waals surface area contributed by atoms with E-state index in [-0.39, 0.29) is 17.5 Å². The third kappa shape index (κ3) is 4.24. The Morgan fingerprint density at radius 3 is 1.29 bits per heavy atom. The average molecular weight is 405 g/mol. The predicted octanol–water partition coefficient (Wildman–Crippen LogP) is 6.69. The maximum atomic E-state index is 13.3. The number of rotatable bonds is 7. The van der Waals surface area contributed by atoms with Crippen LogP contribution in [0.5, 0.6) is 0 Å². The Bertz CT molecular complexity index is 1100. The van der Waals surface area contributed by atoms with Gasteiger partial charge in [-0.1, -0.05) is 116 Å². The Morgan fingerprint density at radius 2 is 0.903 bits per heavy atom. The van der Waals surface area contributed by atoms with Crippen LogP contribution in [0.25, 0.3) is 0 Å². The molecule has 2 heteroatoms. The minimum Gasteiger partial charge on any atom is -0.289 e. The molecule has 0 N–H and O–H groups in total. The topological polar surface area (TPSA) is 34.1 Å². The fourth-order valence-electron chi connectivity index (χ4n) is 4.11. The summed E-state index contributed by atoms with van der Waals surface area (Å²) in [6, 6.07) is 34.2. The second kappa shape index (κ2) is 9.36. The molecule has 4 aromatic rings. The molecule has 0 heterocycles. The van der Waals surface area contributed by atoms with E-state index >= 15 is 0 Å². The Balaban J connectivity index is 1.80. The van der Waals surface area contributed by atoms with Crippen molar-refractivity contribution in [2.75, 3.05) is 0 Å². The minimum absolute atomic E-state index is 0.00140. The van der Waals surface area contributed by atoms with Crippen molar-refractivity contribution in [1.82, 2.24) is 0 Å². The van der Waals surface area contributed by atoms with Gasteiger partial charge in [0, 0.05) is 28.2 Å². The first-order valence-electron chi connectivity index (χ1n) is 10.6. The Kier molecular flexibility index (Phi) is 6.18. The zero-order valence-electron chi connectivity index (χ0n) is 17.5. The molecule has 0 aromatic heterocycles. The van der Waals surface area contributed by atoms with E-state index in [9.17, 15) is 9.59 Å². The van der Waals surface area contributed by atoms with Crippen LogP contribution in [0.15, 0.2) is 109 Å². The number of hydrogen-bond donors (Lipinski definition) is 0. The lowest BCUT2D eigenvalue weighted by Crippen LogP contribution is -2.13. The van der Waals surface area contributed by atoms with Crippen LogP contribution in [-0.4, -0.2) is 11.6 Å². The smallest absolute Gasteiger partial charge is 0.193 e. The van der Waals surface area contributed by atoms with Gasteiger partial charge in [0.2, 0.25) is 0 Å². The van der Waals surface area contributed by atoms with E-state index in [0.717, 1.165) is 17.5 Å². The third-order valence-electron chi connectivity index (χ3n) is 5.64. The molecule has 0 saturated carbocycles. The zero-order chi connectivity index (χ0) is 21.6. The molecule has 2 nitrogen and oxygen atoms in total. The first-order valence-corrected chi connectivity index (χ1v) is 10.6. The van der Waals surface area contributed by atoms with Gasteiger partial charge in [0.25, 0.3) is 0 Å². The Hall–Kier alpha value is -3.78. The normalized spacial score (nSPS) is 10.8. The van der Waals surface area contributed by atoms with Crippen LogP contribution in [0.2, 0.25) is 0 Å². The van der Waals surface area contributed by atoms with E-state index in [4.69, 9.17) is 0 Å². The molecule has 4 rings (SSSR count). The van der Waals surface area contributed by atoms with Gasteiger partial charge in [-0.25, -0.2) is 0 Å². The summed E-state index contributed by atoms with van der Waals surface area (Å²) in [7, 11) is 0. The Morgan fingerprint density at radius 1 is 0.548 bits per heavy atom. The highest BCUT2D eigenvalue weighted by Gasteiger charge is 2.24. The number of carbonyl (C=O) groups excluding carboxylic acids is 2. The van der Waals surface area contributed by atoms with Gasteiger partial charge in [-0.15, -0.1) is 0 Å². The predicted molar refractivity (Wildman–Crippen MR) is 125 cm³/mol. The summed E-state index contributed by atoms with van der Waals surface area (Å²) in [6.45, 7) is 2.10. The van der Waals surface area contributed by atoms with Gasteiger partial charge in [-0.05, 0) is 17.5 Å². The molecule has 0 radical (unpaired) electrons. The summed E-state index contributed by atoms with van der Waals surface area (Å²) in [5.74, 6) is -0.0595. The molecular weight excluding hydrogens is 380 g/mol. The van der Waals surface area contributed by atoms with Crippen molar-refractivity contribution in [1.29, 1.82) is 0 Å². The fraction of sp³-hybridized carbons (Fsp3) is 0.103. The van der Waals surface area contributed by atoms with Crippen LogP contribution in [0.1, 0.15) is 62.2 Å². The van der Waals surface area contributed by atoms with Gasteiger partial charge in [0.1, 0.15) is 0 Å². The van der Waals surface area contributed by atoms with E-state index in [1.165, 1.54) is 0 Å². The van der Waals surface area contributed by atoms with E-state index < -0.39 is 0 Å². The summed E-state index contributed by atoms with van der Waals surface area (Å²) in [4.78, 5) is 26.6. The SMILES string of the molecule is CCC(c1ccccc1C(=O)c1ccccc1)c1ccccc1C(=O)c1ccccc1. The molecule has 0 unspecified atom stereocenters. The lowest BCUT2D eigenvalue weighted by atomic mass is 9.81. The standard InChI is InChI=1S/C29H24O2/c1-2-23(24-17-9-11-19-26(24)28(30)21-13-5-3-6-14-21)25-18-10-12-20-27(25)29(31)22-15-7-4-8-16-22/h3-20,23H,2H2,1H3. The van der Waals surface area contributed by atoms with Gasteiger partial charge in [-0.2, -0.15) is 0 Å². The summed E-state index contributed by atoms with van der Waals surface area (Å²) in [5, 5.41) is 0. The summed E-state index contributed by atoms with van der Waals surface area (Å²) in [5.41, 5.74) is 4.60. The Labute approximate surface area is 183 Å². The van der Waals surface area contributed by atoms with Crippen molar-refractivity contribution in [2.45, 2.75) is 19.3 Å². The third-order valence-corrected chi connectivity index (χ3v) is 5.64. The molecule has 0 saturated heterocycles. The number of carbonyl (C=O) groups is 2. The lowest BCUT2D eigenvalue weighted by molar-refractivity contribution is 0.103. The van der Waals surface area contributed by atoms with Crippen molar-refractivity contribution in [3.05, 3.63) is 143 Å². The van der Waals surface area contributed by atoms with E-state index in [1.54, 1.807) is 0 Å². The number of hydrogen-bond acceptors (Lipinski definition) is 2. The molecule has 0 spiro atoms. The van der Waals surface area contributed by atoms with Crippen LogP contribution < -0.4 is 0 Å². The second-order valence-electron chi connectivity index (χ2n) is 7.53. The van der Waals surface area contributed by atoms with Crippen molar-refractivity contribution >= 4 is 11.6 Å². The molecule has 0 atom stereocenters. The van der Waals surface area contributed by atoms with Gasteiger partial charge in [0.15, 0.2) is 11.6 Å². The highest BCUT2D eigenvalue weighted by Crippen LogP contribution is 2.34. The quantitative estimate of drug-likeness (QED) is 0.322. The molecule has 4 aromatic carbocycles. The van der Waals surface area contributed by atoms with Gasteiger partial charge >= 0.3 is 0 Å². The highest BCUT2D eigenvalue weighted by atomic mass is 16.1. The number of ketones is 2. The monoisotopic (exact) mass is 404 g/mol. The molecule has 152 valence electrons. The van der Waals surface area contributed by atoms with Crippen LogP contribution in [0, 0.1) is 0 Å². The van der Waals surface area contributed by atoms with Crippen molar-refractivity contribution in [3.8, 4) is 0 Å². The highest BCUT2D eigenvalue weighted by molar-refractivity contribution is 6.11. The van der Waals surface area contributed by atoms with E-state index in [2.05, 4.69) is 6.92 Å².